The molecule has 0 saturated carbocycles. The molecule has 4 aromatic carbocycles. The van der Waals surface area contributed by atoms with Crippen molar-refractivity contribution in [3.63, 3.8) is 0 Å². The second-order valence-electron chi connectivity index (χ2n) is 16.1. The van der Waals surface area contributed by atoms with Crippen LogP contribution in [0.1, 0.15) is 22.3 Å². The van der Waals surface area contributed by atoms with Gasteiger partial charge in [0.2, 0.25) is 0 Å². The van der Waals surface area contributed by atoms with Crippen LogP contribution in [0.4, 0.5) is 0 Å². The second-order valence-corrected chi connectivity index (χ2v) is 17.7. The summed E-state index contributed by atoms with van der Waals surface area (Å²) in [4.78, 5) is 0. The topological polar surface area (TPSA) is 174 Å². The standard InChI is InChI=1S/C51H66O16S/c1-4-26-59-47-45(61-33-39-19-11-6-12-20-39)43(37-64-68(3,53)54)65-50(55-2)49(47)67-51-48(63-35-41-23-15-8-16-24-41)46(62-34-40-21-13-7-14-22-40)44(60-32-38-17-9-5-10-18-38)42(66-51)36-58-31-30-57-29-28-56-27-25-52/h4-24,42-52H,1,25-37H2,2-3H3/t42-,43-,44+,45-,46+,47+,48-,49+,50+,51-/m1/s1. The van der Waals surface area contributed by atoms with E-state index in [9.17, 15) is 8.42 Å². The first-order valence-corrected chi connectivity index (χ1v) is 24.6. The van der Waals surface area contributed by atoms with E-state index in [1.807, 2.05) is 121 Å². The van der Waals surface area contributed by atoms with Gasteiger partial charge in [0, 0.05) is 7.11 Å². The van der Waals surface area contributed by atoms with Crippen LogP contribution in [0.2, 0.25) is 0 Å². The quantitative estimate of drug-likeness (QED) is 0.0386. The zero-order chi connectivity index (χ0) is 47.8. The zero-order valence-electron chi connectivity index (χ0n) is 38.8. The van der Waals surface area contributed by atoms with Gasteiger partial charge in [-0.05, 0) is 22.3 Å². The SMILES string of the molecule is C=CCO[C@@H]1[C@H](O[C@H]2O[C@H](COCCOCCOCCO)[C@H](OCc3ccccc3)[C@H](OCc3ccccc3)[C@H]2OCc2ccccc2)[C@@H](OC)O[C@H](COS(C)(=O)=O)[C@H]1OCc1ccccc1. The van der Waals surface area contributed by atoms with Crippen LogP contribution in [0.5, 0.6) is 0 Å². The number of ether oxygens (including phenoxy) is 12. The Balaban J connectivity index is 1.36. The maximum Gasteiger partial charge on any atom is 0.264 e. The molecule has 1 N–H and O–H groups in total. The molecular weight excluding hydrogens is 901 g/mol. The van der Waals surface area contributed by atoms with Crippen molar-refractivity contribution in [3.8, 4) is 0 Å². The molecule has 17 heteroatoms. The molecule has 68 heavy (non-hydrogen) atoms. The fourth-order valence-corrected chi connectivity index (χ4v) is 8.10. The van der Waals surface area contributed by atoms with E-state index < -0.39 is 78.1 Å². The molecule has 0 bridgehead atoms. The van der Waals surface area contributed by atoms with Gasteiger partial charge in [0.1, 0.15) is 48.8 Å². The Bertz CT molecular complexity index is 2070. The molecule has 372 valence electrons. The first kappa shape index (κ1) is 53.4. The molecule has 0 radical (unpaired) electrons. The molecule has 0 spiro atoms. The van der Waals surface area contributed by atoms with Crippen molar-refractivity contribution >= 4 is 10.1 Å². The minimum atomic E-state index is -3.89. The fourth-order valence-electron chi connectivity index (χ4n) is 7.72. The summed E-state index contributed by atoms with van der Waals surface area (Å²) in [5, 5.41) is 9.02. The van der Waals surface area contributed by atoms with Gasteiger partial charge in [-0.2, -0.15) is 8.42 Å². The predicted octanol–water partition coefficient (Wildman–Crippen LogP) is 5.40. The monoisotopic (exact) mass is 966 g/mol. The lowest BCUT2D eigenvalue weighted by molar-refractivity contribution is -0.379. The summed E-state index contributed by atoms with van der Waals surface area (Å²) in [6.07, 6.45) is -7.14. The summed E-state index contributed by atoms with van der Waals surface area (Å²) in [5.74, 6) is 0. The number of hydrogen-bond acceptors (Lipinski definition) is 16. The van der Waals surface area contributed by atoms with E-state index in [0.717, 1.165) is 28.5 Å². The van der Waals surface area contributed by atoms with E-state index in [1.165, 1.54) is 7.11 Å². The average molecular weight is 967 g/mol. The third kappa shape index (κ3) is 17.4. The summed E-state index contributed by atoms with van der Waals surface area (Å²) in [6.45, 7) is 5.62. The summed E-state index contributed by atoms with van der Waals surface area (Å²) in [6, 6.07) is 38.8. The van der Waals surface area contributed by atoms with Crippen LogP contribution >= 0.6 is 0 Å². The number of methoxy groups -OCH3 is 1. The molecule has 6 rings (SSSR count). The lowest BCUT2D eigenvalue weighted by Gasteiger charge is -2.50. The molecule has 16 nitrogen and oxygen atoms in total. The molecule has 0 amide bonds. The van der Waals surface area contributed by atoms with Crippen molar-refractivity contribution in [1.82, 2.24) is 0 Å². The smallest absolute Gasteiger partial charge is 0.264 e. The van der Waals surface area contributed by atoms with Gasteiger partial charge in [-0.25, -0.2) is 0 Å². The second kappa shape index (κ2) is 29.3. The molecule has 2 aliphatic rings. The summed E-state index contributed by atoms with van der Waals surface area (Å²) >= 11 is 0. The normalized spacial score (nSPS) is 25.3. The van der Waals surface area contributed by atoms with Gasteiger partial charge >= 0.3 is 0 Å². The maximum atomic E-state index is 12.3. The largest absolute Gasteiger partial charge is 0.394 e. The molecule has 0 unspecified atom stereocenters. The van der Waals surface area contributed by atoms with Crippen LogP contribution < -0.4 is 0 Å². The Morgan fingerprint density at radius 3 is 1.40 bits per heavy atom. The first-order valence-electron chi connectivity index (χ1n) is 22.8. The van der Waals surface area contributed by atoms with E-state index in [0.29, 0.717) is 13.2 Å². The molecule has 2 aliphatic heterocycles. The summed E-state index contributed by atoms with van der Waals surface area (Å²) in [7, 11) is -2.44. The van der Waals surface area contributed by atoms with Crippen LogP contribution in [0.3, 0.4) is 0 Å². The van der Waals surface area contributed by atoms with E-state index >= 15 is 0 Å². The highest BCUT2D eigenvalue weighted by Crippen LogP contribution is 2.36. The number of rotatable bonds is 31. The van der Waals surface area contributed by atoms with Crippen molar-refractivity contribution in [2.75, 3.05) is 72.8 Å². The van der Waals surface area contributed by atoms with Gasteiger partial charge in [-0.1, -0.05) is 127 Å². The van der Waals surface area contributed by atoms with E-state index in [1.54, 1.807) is 6.08 Å². The third-order valence-corrected chi connectivity index (χ3v) is 11.5. The Labute approximate surface area is 400 Å². The maximum absolute atomic E-state index is 12.3. The minimum absolute atomic E-state index is 0.0409. The van der Waals surface area contributed by atoms with Gasteiger partial charge in [0.05, 0.1) is 92.1 Å². The fraction of sp³-hybridized carbons (Fsp3) is 0.490. The van der Waals surface area contributed by atoms with Gasteiger partial charge in [-0.15, -0.1) is 6.58 Å². The van der Waals surface area contributed by atoms with Crippen LogP contribution in [0, 0.1) is 0 Å². The molecule has 0 aliphatic carbocycles. The van der Waals surface area contributed by atoms with Crippen molar-refractivity contribution in [3.05, 3.63) is 156 Å². The summed E-state index contributed by atoms with van der Waals surface area (Å²) < 4.78 is 107. The predicted molar refractivity (Wildman–Crippen MR) is 250 cm³/mol. The highest BCUT2D eigenvalue weighted by molar-refractivity contribution is 7.85. The van der Waals surface area contributed by atoms with E-state index in [2.05, 4.69) is 6.58 Å². The van der Waals surface area contributed by atoms with Crippen LogP contribution in [0.15, 0.2) is 134 Å². The average Bonchev–Trinajstić information content (AvgIpc) is 3.36. The van der Waals surface area contributed by atoms with Gasteiger partial charge in [0.25, 0.3) is 10.1 Å². The van der Waals surface area contributed by atoms with Gasteiger partial charge in [-0.3, -0.25) is 4.18 Å². The molecule has 10 atom stereocenters. The zero-order valence-corrected chi connectivity index (χ0v) is 39.6. The first-order chi connectivity index (χ1) is 33.3. The van der Waals surface area contributed by atoms with E-state index in [4.69, 9.17) is 66.1 Å². The van der Waals surface area contributed by atoms with Crippen LogP contribution in [-0.2, 0) is 97.6 Å². The highest BCUT2D eigenvalue weighted by Gasteiger charge is 2.54. The molecule has 2 saturated heterocycles. The van der Waals surface area contributed by atoms with Crippen LogP contribution in [0.25, 0.3) is 0 Å². The number of hydrogen-bond donors (Lipinski definition) is 1. The van der Waals surface area contributed by atoms with Crippen molar-refractivity contribution in [2.24, 2.45) is 0 Å². The Morgan fingerprint density at radius 2 is 0.941 bits per heavy atom. The highest BCUT2D eigenvalue weighted by atomic mass is 32.2. The molecule has 4 aromatic rings. The Hall–Kier alpha value is -3.99. The Morgan fingerprint density at radius 1 is 0.529 bits per heavy atom. The number of aliphatic hydroxyl groups excluding tert-OH is 1. The van der Waals surface area contributed by atoms with Crippen molar-refractivity contribution in [2.45, 2.75) is 87.8 Å². The van der Waals surface area contributed by atoms with Crippen LogP contribution in [-0.4, -0.2) is 148 Å². The Kier molecular flexibility index (Phi) is 23.0. The van der Waals surface area contributed by atoms with Crippen molar-refractivity contribution in [1.29, 1.82) is 0 Å². The molecule has 2 heterocycles. The van der Waals surface area contributed by atoms with Gasteiger partial charge < -0.3 is 61.9 Å². The number of aliphatic hydroxyl groups is 1. The lowest BCUT2D eigenvalue weighted by atomic mass is 9.96. The lowest BCUT2D eigenvalue weighted by Crippen LogP contribution is -2.66. The number of benzene rings is 4. The van der Waals surface area contributed by atoms with E-state index in [-0.39, 0.29) is 66.1 Å². The summed E-state index contributed by atoms with van der Waals surface area (Å²) in [5.41, 5.74) is 3.61. The third-order valence-electron chi connectivity index (χ3n) is 11.0. The van der Waals surface area contributed by atoms with Crippen molar-refractivity contribution < 1.29 is 74.5 Å². The van der Waals surface area contributed by atoms with Gasteiger partial charge in [0.15, 0.2) is 12.6 Å². The molecular formula is C51H66O16S. The minimum Gasteiger partial charge on any atom is -0.394 e. The molecule has 0 aromatic heterocycles. The molecule has 2 fully saturated rings.